The Bertz CT molecular complexity index is 664. The van der Waals surface area contributed by atoms with Crippen molar-refractivity contribution in [1.29, 1.82) is 0 Å². The average Bonchev–Trinajstić information content (AvgIpc) is 2.52. The van der Waals surface area contributed by atoms with Gasteiger partial charge in [0.25, 0.3) is 5.70 Å². The van der Waals surface area contributed by atoms with Crippen LogP contribution in [-0.2, 0) is 6.42 Å². The van der Waals surface area contributed by atoms with E-state index in [1.54, 1.807) is 24.3 Å². The van der Waals surface area contributed by atoms with E-state index in [9.17, 15) is 10.1 Å². The van der Waals surface area contributed by atoms with Crippen LogP contribution in [0.2, 0.25) is 0 Å². The third-order valence-electron chi connectivity index (χ3n) is 2.93. The zero-order chi connectivity index (χ0) is 15.1. The number of rotatable bonds is 5. The lowest BCUT2D eigenvalue weighted by atomic mass is 10.0. The van der Waals surface area contributed by atoms with Crippen LogP contribution in [0.5, 0.6) is 0 Å². The minimum absolute atomic E-state index is 0.0232. The van der Waals surface area contributed by atoms with Crippen LogP contribution in [0, 0.1) is 10.1 Å². The quantitative estimate of drug-likeness (QED) is 0.395. The summed E-state index contributed by atoms with van der Waals surface area (Å²) in [6.07, 6.45) is 1.59. The third kappa shape index (κ3) is 4.01. The first-order valence-corrected chi connectivity index (χ1v) is 6.37. The molecule has 21 heavy (non-hydrogen) atoms. The lowest BCUT2D eigenvalue weighted by Gasteiger charge is -2.03. The van der Waals surface area contributed by atoms with Crippen LogP contribution >= 0.6 is 0 Å². The molecule has 0 aliphatic carbocycles. The standard InChI is InChI=1S/C16H14N2O3/c19-17-15(11-13-7-3-1-4-8-13)16(18(20)21)12-14-9-5-2-6-10-14/h1-10,12,19H,11H2/b16-12-,17-15+. The first kappa shape index (κ1) is 14.5. The molecule has 0 aromatic heterocycles. The third-order valence-corrected chi connectivity index (χ3v) is 2.93. The Morgan fingerprint density at radius 3 is 2.19 bits per heavy atom. The summed E-state index contributed by atoms with van der Waals surface area (Å²) in [5.41, 5.74) is 1.33. The van der Waals surface area contributed by atoms with Crippen LogP contribution in [0.25, 0.3) is 6.08 Å². The number of allylic oxidation sites excluding steroid dienone is 1. The molecule has 1 N–H and O–H groups in total. The van der Waals surface area contributed by atoms with Crippen LogP contribution in [-0.4, -0.2) is 15.8 Å². The summed E-state index contributed by atoms with van der Waals surface area (Å²) >= 11 is 0. The number of hydrogen-bond acceptors (Lipinski definition) is 4. The van der Waals surface area contributed by atoms with Gasteiger partial charge >= 0.3 is 0 Å². The number of hydrogen-bond donors (Lipinski definition) is 1. The Hall–Kier alpha value is -2.95. The van der Waals surface area contributed by atoms with Crippen molar-refractivity contribution in [2.45, 2.75) is 6.42 Å². The van der Waals surface area contributed by atoms with E-state index < -0.39 is 4.92 Å². The molecular weight excluding hydrogens is 268 g/mol. The molecule has 0 spiro atoms. The average molecular weight is 282 g/mol. The predicted octanol–water partition coefficient (Wildman–Crippen LogP) is 3.38. The van der Waals surface area contributed by atoms with Crippen LogP contribution in [0.1, 0.15) is 11.1 Å². The van der Waals surface area contributed by atoms with Crippen LogP contribution in [0.4, 0.5) is 0 Å². The molecule has 0 radical (unpaired) electrons. The maximum absolute atomic E-state index is 11.2. The highest BCUT2D eigenvalue weighted by Crippen LogP contribution is 2.12. The highest BCUT2D eigenvalue weighted by molar-refractivity contribution is 6.02. The van der Waals surface area contributed by atoms with Gasteiger partial charge in [-0.2, -0.15) is 0 Å². The molecular formula is C16H14N2O3. The summed E-state index contributed by atoms with van der Waals surface area (Å²) in [5, 5.41) is 23.5. The lowest BCUT2D eigenvalue weighted by Crippen LogP contribution is -2.14. The van der Waals surface area contributed by atoms with Crippen molar-refractivity contribution in [2.75, 3.05) is 0 Å². The van der Waals surface area contributed by atoms with Crippen molar-refractivity contribution in [3.05, 3.63) is 87.6 Å². The Morgan fingerprint density at radius 2 is 1.67 bits per heavy atom. The van der Waals surface area contributed by atoms with Gasteiger partial charge in [-0.05, 0) is 11.1 Å². The van der Waals surface area contributed by atoms with Gasteiger partial charge in [0.15, 0.2) is 5.71 Å². The summed E-state index contributed by atoms with van der Waals surface area (Å²) in [6.45, 7) is 0. The van der Waals surface area contributed by atoms with E-state index in [4.69, 9.17) is 5.21 Å². The molecule has 0 atom stereocenters. The van der Waals surface area contributed by atoms with Gasteiger partial charge in [0.05, 0.1) is 4.92 Å². The lowest BCUT2D eigenvalue weighted by molar-refractivity contribution is -0.413. The number of oxime groups is 1. The highest BCUT2D eigenvalue weighted by Gasteiger charge is 2.20. The SMILES string of the molecule is O=[N+]([O-])C(=C\c1ccccc1)/C(Cc1ccccc1)=N/O. The Kier molecular flexibility index (Phi) is 4.82. The molecule has 0 bridgehead atoms. The molecule has 0 amide bonds. The van der Waals surface area contributed by atoms with Crippen molar-refractivity contribution in [2.24, 2.45) is 5.16 Å². The van der Waals surface area contributed by atoms with E-state index in [0.29, 0.717) is 5.56 Å². The van der Waals surface area contributed by atoms with Gasteiger partial charge in [-0.15, -0.1) is 0 Å². The summed E-state index contributed by atoms with van der Waals surface area (Å²) < 4.78 is 0. The van der Waals surface area contributed by atoms with E-state index in [1.807, 2.05) is 36.4 Å². The van der Waals surface area contributed by atoms with Gasteiger partial charge in [0.2, 0.25) is 0 Å². The molecule has 2 aromatic carbocycles. The van der Waals surface area contributed by atoms with E-state index in [-0.39, 0.29) is 17.8 Å². The minimum Gasteiger partial charge on any atom is -0.410 e. The van der Waals surface area contributed by atoms with E-state index >= 15 is 0 Å². The van der Waals surface area contributed by atoms with Crippen molar-refractivity contribution in [3.8, 4) is 0 Å². The van der Waals surface area contributed by atoms with E-state index in [1.165, 1.54) is 6.08 Å². The molecule has 0 unspecified atom stereocenters. The second-order valence-corrected chi connectivity index (χ2v) is 4.41. The predicted molar refractivity (Wildman–Crippen MR) is 80.8 cm³/mol. The molecule has 2 rings (SSSR count). The second kappa shape index (κ2) is 7.00. The van der Waals surface area contributed by atoms with Gasteiger partial charge in [-0.3, -0.25) is 10.1 Å². The van der Waals surface area contributed by atoms with Gasteiger partial charge in [0.1, 0.15) is 0 Å². The van der Waals surface area contributed by atoms with E-state index in [0.717, 1.165) is 5.56 Å². The number of nitrogens with zero attached hydrogens (tertiary/aromatic N) is 2. The molecule has 106 valence electrons. The Balaban J connectivity index is 2.32. The molecule has 0 saturated carbocycles. The molecule has 0 aliphatic heterocycles. The van der Waals surface area contributed by atoms with Crippen LogP contribution in [0.15, 0.2) is 71.5 Å². The molecule has 0 fully saturated rings. The van der Waals surface area contributed by atoms with Gasteiger partial charge in [-0.25, -0.2) is 0 Å². The van der Waals surface area contributed by atoms with Gasteiger partial charge in [0, 0.05) is 12.5 Å². The topological polar surface area (TPSA) is 75.7 Å². The monoisotopic (exact) mass is 282 g/mol. The first-order chi connectivity index (χ1) is 10.2. The van der Waals surface area contributed by atoms with Crippen molar-refractivity contribution in [3.63, 3.8) is 0 Å². The molecule has 5 nitrogen and oxygen atoms in total. The largest absolute Gasteiger partial charge is 0.410 e. The summed E-state index contributed by atoms with van der Waals surface area (Å²) in [7, 11) is 0. The maximum atomic E-state index is 11.2. The Labute approximate surface area is 122 Å². The van der Waals surface area contributed by atoms with E-state index in [2.05, 4.69) is 5.16 Å². The normalized spacial score (nSPS) is 12.2. The Morgan fingerprint density at radius 1 is 1.10 bits per heavy atom. The van der Waals surface area contributed by atoms with Crippen molar-refractivity contribution >= 4 is 11.8 Å². The highest BCUT2D eigenvalue weighted by atomic mass is 16.6. The van der Waals surface area contributed by atoms with Gasteiger partial charge in [-0.1, -0.05) is 65.8 Å². The fourth-order valence-electron chi connectivity index (χ4n) is 1.91. The minimum atomic E-state index is -0.537. The maximum Gasteiger partial charge on any atom is 0.295 e. The zero-order valence-electron chi connectivity index (χ0n) is 11.2. The second-order valence-electron chi connectivity index (χ2n) is 4.41. The van der Waals surface area contributed by atoms with Crippen molar-refractivity contribution < 1.29 is 10.1 Å². The summed E-state index contributed by atoms with van der Waals surface area (Å²) in [6, 6.07) is 18.1. The summed E-state index contributed by atoms with van der Waals surface area (Å²) in [5.74, 6) is 0. The number of nitro groups is 1. The molecule has 0 heterocycles. The first-order valence-electron chi connectivity index (χ1n) is 6.37. The smallest absolute Gasteiger partial charge is 0.295 e. The molecule has 0 aliphatic rings. The van der Waals surface area contributed by atoms with Crippen LogP contribution < -0.4 is 0 Å². The van der Waals surface area contributed by atoms with Crippen molar-refractivity contribution in [1.82, 2.24) is 0 Å². The zero-order valence-corrected chi connectivity index (χ0v) is 11.2. The number of benzene rings is 2. The molecule has 5 heteroatoms. The molecule has 0 saturated heterocycles. The van der Waals surface area contributed by atoms with Crippen LogP contribution in [0.3, 0.4) is 0 Å². The molecule has 2 aromatic rings. The fourth-order valence-corrected chi connectivity index (χ4v) is 1.91. The van der Waals surface area contributed by atoms with Gasteiger partial charge < -0.3 is 5.21 Å². The summed E-state index contributed by atoms with van der Waals surface area (Å²) in [4.78, 5) is 10.7. The fraction of sp³-hybridized carbons (Fsp3) is 0.0625.